The van der Waals surface area contributed by atoms with Crippen molar-refractivity contribution < 1.29 is 4.92 Å². The summed E-state index contributed by atoms with van der Waals surface area (Å²) in [5.41, 5.74) is 4.14. The van der Waals surface area contributed by atoms with Crippen LogP contribution in [0.3, 0.4) is 0 Å². The normalized spacial score (nSPS) is 13.2. The number of non-ortho nitro benzene ring substituents is 1. The molecule has 1 atom stereocenters. The number of thiazole rings is 1. The molecule has 0 radical (unpaired) electrons. The van der Waals surface area contributed by atoms with Crippen molar-refractivity contribution in [1.29, 1.82) is 0 Å². The van der Waals surface area contributed by atoms with Crippen LogP contribution in [-0.2, 0) is 0 Å². The van der Waals surface area contributed by atoms with E-state index >= 15 is 0 Å². The Bertz CT molecular complexity index is 1090. The molecular formula is C25H31N3O2S. The molecule has 6 heteroatoms. The van der Waals surface area contributed by atoms with Gasteiger partial charge in [-0.15, -0.1) is 11.3 Å². The zero-order valence-corrected chi connectivity index (χ0v) is 19.7. The highest BCUT2D eigenvalue weighted by Crippen LogP contribution is 2.29. The minimum Gasteiger partial charge on any atom is -0.314 e. The Kier molecular flexibility index (Phi) is 7.44. The van der Waals surface area contributed by atoms with Gasteiger partial charge in [0, 0.05) is 29.1 Å². The van der Waals surface area contributed by atoms with E-state index in [2.05, 4.69) is 68.8 Å². The maximum absolute atomic E-state index is 11.3. The Morgan fingerprint density at radius 2 is 1.74 bits per heavy atom. The highest BCUT2D eigenvalue weighted by atomic mass is 32.1. The van der Waals surface area contributed by atoms with Crippen LogP contribution in [0.1, 0.15) is 65.0 Å². The predicted octanol–water partition coefficient (Wildman–Crippen LogP) is 7.48. The van der Waals surface area contributed by atoms with E-state index in [0.717, 1.165) is 34.6 Å². The second-order valence-corrected chi connectivity index (χ2v) is 9.60. The molecule has 0 aliphatic rings. The van der Waals surface area contributed by atoms with Crippen molar-refractivity contribution >= 4 is 22.7 Å². The van der Waals surface area contributed by atoms with Gasteiger partial charge in [-0.3, -0.25) is 10.1 Å². The molecule has 3 rings (SSSR count). The van der Waals surface area contributed by atoms with Crippen molar-refractivity contribution in [2.45, 2.75) is 59.4 Å². The smallest absolute Gasteiger partial charge is 0.270 e. The molecule has 0 aliphatic heterocycles. The summed E-state index contributed by atoms with van der Waals surface area (Å²) < 4.78 is 2.24. The van der Waals surface area contributed by atoms with E-state index in [0.29, 0.717) is 11.8 Å². The van der Waals surface area contributed by atoms with Crippen molar-refractivity contribution in [1.82, 2.24) is 4.57 Å². The quantitative estimate of drug-likeness (QED) is 0.271. The van der Waals surface area contributed by atoms with Crippen molar-refractivity contribution in [3.05, 3.63) is 74.4 Å². The van der Waals surface area contributed by atoms with E-state index in [9.17, 15) is 10.1 Å². The summed E-state index contributed by atoms with van der Waals surface area (Å²) >= 11 is 1.58. The van der Waals surface area contributed by atoms with Crippen LogP contribution in [0.2, 0.25) is 0 Å². The number of hydrogen-bond donors (Lipinski definition) is 0. The van der Waals surface area contributed by atoms with Crippen LogP contribution in [0.15, 0.2) is 58.9 Å². The summed E-state index contributed by atoms with van der Waals surface area (Å²) in [5.74, 6) is 1.10. The van der Waals surface area contributed by atoms with Crippen molar-refractivity contribution in [3.63, 3.8) is 0 Å². The SMILES string of the molecule is CC(C)CCC(C)n1c(-c2cccc([N+](=O)[O-])c2)csc1=Nc1ccc(C(C)C)cc1. The summed E-state index contributed by atoms with van der Waals surface area (Å²) in [6.07, 6.45) is 2.14. The largest absolute Gasteiger partial charge is 0.314 e. The fourth-order valence-corrected chi connectivity index (χ4v) is 4.58. The molecule has 0 spiro atoms. The van der Waals surface area contributed by atoms with Gasteiger partial charge < -0.3 is 4.57 Å². The van der Waals surface area contributed by atoms with E-state index in [-0.39, 0.29) is 16.7 Å². The van der Waals surface area contributed by atoms with Gasteiger partial charge >= 0.3 is 0 Å². The van der Waals surface area contributed by atoms with Gasteiger partial charge in [0.1, 0.15) is 0 Å². The van der Waals surface area contributed by atoms with Crippen LogP contribution in [-0.4, -0.2) is 9.49 Å². The molecule has 31 heavy (non-hydrogen) atoms. The zero-order valence-electron chi connectivity index (χ0n) is 18.9. The summed E-state index contributed by atoms with van der Waals surface area (Å²) in [5, 5.41) is 13.3. The van der Waals surface area contributed by atoms with E-state index in [1.54, 1.807) is 23.5 Å². The van der Waals surface area contributed by atoms with Crippen LogP contribution in [0.4, 0.5) is 11.4 Å². The van der Waals surface area contributed by atoms with Crippen LogP contribution in [0, 0.1) is 16.0 Å². The van der Waals surface area contributed by atoms with Crippen LogP contribution < -0.4 is 4.80 Å². The minimum absolute atomic E-state index is 0.104. The molecule has 164 valence electrons. The van der Waals surface area contributed by atoms with Gasteiger partial charge in [0.05, 0.1) is 16.3 Å². The van der Waals surface area contributed by atoms with E-state index in [1.165, 1.54) is 11.6 Å². The average molecular weight is 438 g/mol. The maximum Gasteiger partial charge on any atom is 0.270 e. The summed E-state index contributed by atoms with van der Waals surface area (Å²) in [4.78, 5) is 16.8. The minimum atomic E-state index is -0.343. The van der Waals surface area contributed by atoms with E-state index in [1.807, 2.05) is 6.07 Å². The molecule has 3 aromatic rings. The van der Waals surface area contributed by atoms with E-state index in [4.69, 9.17) is 4.99 Å². The Morgan fingerprint density at radius 3 is 2.35 bits per heavy atom. The number of benzene rings is 2. The predicted molar refractivity (Wildman–Crippen MR) is 129 cm³/mol. The van der Waals surface area contributed by atoms with Crippen molar-refractivity contribution in [2.24, 2.45) is 10.9 Å². The number of nitro benzene ring substituents is 1. The first kappa shape index (κ1) is 22.9. The highest BCUT2D eigenvalue weighted by molar-refractivity contribution is 7.07. The van der Waals surface area contributed by atoms with E-state index < -0.39 is 0 Å². The Hall–Kier alpha value is -2.73. The molecule has 0 N–H and O–H groups in total. The average Bonchev–Trinajstić information content (AvgIpc) is 3.16. The van der Waals surface area contributed by atoms with Gasteiger partial charge in [0.25, 0.3) is 5.69 Å². The standard InChI is InChI=1S/C25H31N3O2S/c1-17(2)9-10-19(5)27-24(21-7-6-8-23(15-21)28(29)30)16-31-25(27)26-22-13-11-20(12-14-22)18(3)4/h6-8,11-19H,9-10H2,1-5H3. The topological polar surface area (TPSA) is 60.4 Å². The lowest BCUT2D eigenvalue weighted by Gasteiger charge is -2.18. The Balaban J connectivity index is 2.09. The second-order valence-electron chi connectivity index (χ2n) is 8.76. The number of nitro groups is 1. The molecule has 1 unspecified atom stereocenters. The number of aromatic nitrogens is 1. The highest BCUT2D eigenvalue weighted by Gasteiger charge is 2.17. The fraction of sp³-hybridized carbons (Fsp3) is 0.400. The first-order valence-electron chi connectivity index (χ1n) is 10.9. The summed E-state index contributed by atoms with van der Waals surface area (Å²) in [6.45, 7) is 11.0. The van der Waals surface area contributed by atoms with Gasteiger partial charge in [-0.25, -0.2) is 4.99 Å². The van der Waals surface area contributed by atoms with Crippen molar-refractivity contribution in [2.75, 3.05) is 0 Å². The molecule has 0 amide bonds. The fourth-order valence-electron chi connectivity index (χ4n) is 3.57. The zero-order chi connectivity index (χ0) is 22.5. The second kappa shape index (κ2) is 10.1. The third kappa shape index (κ3) is 5.70. The first-order chi connectivity index (χ1) is 14.8. The molecule has 2 aromatic carbocycles. The molecule has 1 heterocycles. The van der Waals surface area contributed by atoms with Gasteiger partial charge in [0.15, 0.2) is 4.80 Å². The van der Waals surface area contributed by atoms with Crippen LogP contribution >= 0.6 is 11.3 Å². The molecular weight excluding hydrogens is 406 g/mol. The van der Waals surface area contributed by atoms with Gasteiger partial charge in [-0.1, -0.05) is 52.0 Å². The monoisotopic (exact) mass is 437 g/mol. The van der Waals surface area contributed by atoms with Crippen molar-refractivity contribution in [3.8, 4) is 11.3 Å². The molecule has 1 aromatic heterocycles. The lowest BCUT2D eigenvalue weighted by atomic mass is 10.0. The molecule has 5 nitrogen and oxygen atoms in total. The number of rotatable bonds is 8. The Morgan fingerprint density at radius 1 is 1.03 bits per heavy atom. The number of hydrogen-bond acceptors (Lipinski definition) is 4. The molecule has 0 bridgehead atoms. The molecule has 0 saturated carbocycles. The Labute approximate surface area is 188 Å². The van der Waals surface area contributed by atoms with Gasteiger partial charge in [-0.2, -0.15) is 0 Å². The van der Waals surface area contributed by atoms with Gasteiger partial charge in [-0.05, 0) is 49.3 Å². The molecule has 0 aliphatic carbocycles. The van der Waals surface area contributed by atoms with Gasteiger partial charge in [0.2, 0.25) is 0 Å². The lowest BCUT2D eigenvalue weighted by molar-refractivity contribution is -0.384. The molecule has 0 fully saturated rings. The lowest BCUT2D eigenvalue weighted by Crippen LogP contribution is -2.20. The third-order valence-electron chi connectivity index (χ3n) is 5.48. The number of nitrogens with zero attached hydrogens (tertiary/aromatic N) is 3. The summed E-state index contributed by atoms with van der Waals surface area (Å²) in [7, 11) is 0. The molecule has 0 saturated heterocycles. The third-order valence-corrected chi connectivity index (χ3v) is 6.32. The first-order valence-corrected chi connectivity index (χ1v) is 11.7. The summed E-state index contributed by atoms with van der Waals surface area (Å²) in [6, 6.07) is 15.5. The van der Waals surface area contributed by atoms with Crippen LogP contribution in [0.5, 0.6) is 0 Å². The maximum atomic E-state index is 11.3. The van der Waals surface area contributed by atoms with Crippen LogP contribution in [0.25, 0.3) is 11.3 Å².